The molecule has 3 nitrogen and oxygen atoms in total. The Morgan fingerprint density at radius 1 is 1.00 bits per heavy atom. The molecule has 4 aliphatic rings. The number of halogens is 5. The summed E-state index contributed by atoms with van der Waals surface area (Å²) in [5.74, 6) is -6.61. The number of fused-ring (bicyclic) bond motifs is 4. The maximum atomic E-state index is 14.7. The minimum Gasteiger partial charge on any atom is -0.302 e. The van der Waals surface area contributed by atoms with Gasteiger partial charge in [-0.2, -0.15) is 22.0 Å². The molecule has 1 aromatic heterocycles. The van der Waals surface area contributed by atoms with E-state index < -0.39 is 23.4 Å². The van der Waals surface area contributed by atoms with Gasteiger partial charge in [-0.25, -0.2) is 0 Å². The molecule has 0 aliphatic heterocycles. The summed E-state index contributed by atoms with van der Waals surface area (Å²) in [7, 11) is 2.08. The molecule has 1 aromatic carbocycles. The number of likely N-dealkylation sites (N-methyl/N-ethyl adjacent to an activating group) is 1. The summed E-state index contributed by atoms with van der Waals surface area (Å²) in [4.78, 5) is 19.5. The van der Waals surface area contributed by atoms with Crippen LogP contribution in [0.2, 0.25) is 0 Å². The Morgan fingerprint density at radius 2 is 1.77 bits per heavy atom. The minimum atomic E-state index is -5.54. The maximum absolute atomic E-state index is 14.7. The molecule has 2 unspecified atom stereocenters. The van der Waals surface area contributed by atoms with E-state index in [-0.39, 0.29) is 30.0 Å². The third-order valence-electron chi connectivity index (χ3n) is 10.9. The van der Waals surface area contributed by atoms with Crippen LogP contribution in [0, 0.1) is 23.2 Å². The van der Waals surface area contributed by atoms with Crippen LogP contribution in [0.4, 0.5) is 22.0 Å². The Labute approximate surface area is 250 Å². The van der Waals surface area contributed by atoms with Crippen molar-refractivity contribution in [3.8, 4) is 0 Å². The van der Waals surface area contributed by atoms with Crippen molar-refractivity contribution in [3.63, 3.8) is 0 Å². The van der Waals surface area contributed by atoms with E-state index in [1.54, 1.807) is 19.2 Å². The highest BCUT2D eigenvalue weighted by Crippen LogP contribution is 2.67. The van der Waals surface area contributed by atoms with E-state index in [1.165, 1.54) is 11.1 Å². The summed E-state index contributed by atoms with van der Waals surface area (Å²) >= 11 is 0. The van der Waals surface area contributed by atoms with Crippen molar-refractivity contribution in [2.75, 3.05) is 13.6 Å². The first-order valence-electron chi connectivity index (χ1n) is 15.5. The average Bonchev–Trinajstić information content (AvgIpc) is 3.34. The Kier molecular flexibility index (Phi) is 7.89. The van der Waals surface area contributed by atoms with Crippen LogP contribution in [0.3, 0.4) is 0 Å². The van der Waals surface area contributed by atoms with Gasteiger partial charge in [-0.05, 0) is 103 Å². The second-order valence-corrected chi connectivity index (χ2v) is 13.4. The molecule has 2 fully saturated rings. The van der Waals surface area contributed by atoms with Crippen molar-refractivity contribution in [2.45, 2.75) is 82.9 Å². The fourth-order valence-corrected chi connectivity index (χ4v) is 8.81. The van der Waals surface area contributed by atoms with E-state index in [0.717, 1.165) is 41.9 Å². The number of hydrogen-bond donors (Lipinski definition) is 0. The number of allylic oxidation sites excluding steroid dienone is 4. The van der Waals surface area contributed by atoms with E-state index in [2.05, 4.69) is 41.2 Å². The molecule has 8 heteroatoms. The summed E-state index contributed by atoms with van der Waals surface area (Å²) in [5, 5.41) is 0. The zero-order valence-corrected chi connectivity index (χ0v) is 24.8. The van der Waals surface area contributed by atoms with Crippen molar-refractivity contribution in [3.05, 3.63) is 88.3 Å². The molecule has 4 aliphatic carbocycles. The molecule has 230 valence electrons. The molecule has 0 saturated heterocycles. The van der Waals surface area contributed by atoms with Gasteiger partial charge in [0.2, 0.25) is 0 Å². The molecule has 6 rings (SSSR count). The summed E-state index contributed by atoms with van der Waals surface area (Å²) in [5.41, 5.74) is 5.62. The Morgan fingerprint density at radius 3 is 2.47 bits per heavy atom. The Balaban J connectivity index is 1.23. The Bertz CT molecular complexity index is 1410. The van der Waals surface area contributed by atoms with Gasteiger partial charge in [-0.15, -0.1) is 0 Å². The fourth-order valence-electron chi connectivity index (χ4n) is 8.81. The van der Waals surface area contributed by atoms with Crippen LogP contribution in [0.1, 0.15) is 74.6 Å². The molecule has 1 heterocycles. The van der Waals surface area contributed by atoms with Crippen molar-refractivity contribution in [1.29, 1.82) is 0 Å². The summed E-state index contributed by atoms with van der Waals surface area (Å²) < 4.78 is 69.8. The number of benzene rings is 1. The normalized spacial score (nSPS) is 29.3. The molecule has 2 aromatic rings. The molecular formula is C35H39F5N2O. The van der Waals surface area contributed by atoms with Crippen molar-refractivity contribution >= 4 is 5.78 Å². The maximum Gasteiger partial charge on any atom is 0.453 e. The van der Waals surface area contributed by atoms with E-state index in [9.17, 15) is 26.7 Å². The highest BCUT2D eigenvalue weighted by molar-refractivity contribution is 5.94. The number of rotatable bonds is 7. The van der Waals surface area contributed by atoms with Gasteiger partial charge in [0.25, 0.3) is 0 Å². The van der Waals surface area contributed by atoms with Crippen molar-refractivity contribution < 1.29 is 26.7 Å². The highest BCUT2D eigenvalue weighted by atomic mass is 19.4. The predicted molar refractivity (Wildman–Crippen MR) is 155 cm³/mol. The largest absolute Gasteiger partial charge is 0.453 e. The zero-order chi connectivity index (χ0) is 30.6. The Hall–Kier alpha value is -2.87. The standard InChI is InChI=1S/C35H39F5N2O/c1-33-16-14-28-27(30(33)12-13-31(33)34(36,37)35(38,39)40)11-10-24-19-26(43)20-29(32(24)28)23-8-6-22(7-9-23)21-42(2)18-15-25-5-3-4-17-41-25/h3-9,17,19,27,29-31H,10-16,18,20-21H2,1-2H3/t27-,29?,30+,31?,33+/m1/s1. The molecule has 2 saturated carbocycles. The average molecular weight is 599 g/mol. The topological polar surface area (TPSA) is 33.2 Å². The summed E-state index contributed by atoms with van der Waals surface area (Å²) in [6.45, 7) is 3.33. The first-order valence-corrected chi connectivity index (χ1v) is 15.5. The van der Waals surface area contributed by atoms with Gasteiger partial charge in [0.1, 0.15) is 0 Å². The number of carbonyl (C=O) groups is 1. The third kappa shape index (κ3) is 5.49. The van der Waals surface area contributed by atoms with Gasteiger partial charge in [-0.3, -0.25) is 9.78 Å². The van der Waals surface area contributed by atoms with Crippen LogP contribution in [0.5, 0.6) is 0 Å². The van der Waals surface area contributed by atoms with Crippen LogP contribution in [0.25, 0.3) is 0 Å². The summed E-state index contributed by atoms with van der Waals surface area (Å²) in [6, 6.07) is 14.3. The van der Waals surface area contributed by atoms with Gasteiger partial charge in [0.15, 0.2) is 5.78 Å². The van der Waals surface area contributed by atoms with Crippen LogP contribution < -0.4 is 0 Å². The van der Waals surface area contributed by atoms with E-state index in [4.69, 9.17) is 0 Å². The lowest BCUT2D eigenvalue weighted by Crippen LogP contribution is -2.51. The molecule has 0 bridgehead atoms. The van der Waals surface area contributed by atoms with Crippen molar-refractivity contribution in [2.24, 2.45) is 23.2 Å². The SMILES string of the molecule is CN(CCc1ccccn1)Cc1ccc(C2CC(=O)C=C3CC[C@@H]4C(=C32)CC[C@]2(C)C(C(F)(F)C(F)(F)F)CC[C@@H]42)cc1. The van der Waals surface area contributed by atoms with Gasteiger partial charge in [-0.1, -0.05) is 42.8 Å². The smallest absolute Gasteiger partial charge is 0.302 e. The van der Waals surface area contributed by atoms with Gasteiger partial charge in [0, 0.05) is 49.7 Å². The quantitative estimate of drug-likeness (QED) is 0.300. The molecular weight excluding hydrogens is 559 g/mol. The van der Waals surface area contributed by atoms with E-state index >= 15 is 0 Å². The monoisotopic (exact) mass is 598 g/mol. The lowest BCUT2D eigenvalue weighted by molar-refractivity contribution is -0.314. The third-order valence-corrected chi connectivity index (χ3v) is 10.9. The lowest BCUT2D eigenvalue weighted by Gasteiger charge is -2.51. The highest BCUT2D eigenvalue weighted by Gasteiger charge is 2.70. The molecule has 0 N–H and O–H groups in total. The number of pyridine rings is 1. The second-order valence-electron chi connectivity index (χ2n) is 13.4. The number of ketones is 1. The lowest BCUT2D eigenvalue weighted by atomic mass is 9.54. The number of aromatic nitrogens is 1. The molecule has 43 heavy (non-hydrogen) atoms. The first-order chi connectivity index (χ1) is 20.4. The summed E-state index contributed by atoms with van der Waals surface area (Å²) in [6.07, 6.45) is 1.73. The number of nitrogens with zero attached hydrogens (tertiary/aromatic N) is 2. The molecule has 0 radical (unpaired) electrons. The number of carbonyl (C=O) groups excluding carboxylic acids is 1. The van der Waals surface area contributed by atoms with Crippen LogP contribution in [0.15, 0.2) is 71.5 Å². The number of hydrogen-bond acceptors (Lipinski definition) is 3. The van der Waals surface area contributed by atoms with Crippen LogP contribution in [-0.2, 0) is 17.8 Å². The second kappa shape index (κ2) is 11.2. The molecule has 0 amide bonds. The molecule has 0 spiro atoms. The predicted octanol–water partition coefficient (Wildman–Crippen LogP) is 8.47. The van der Waals surface area contributed by atoms with Crippen molar-refractivity contribution in [1.82, 2.24) is 9.88 Å². The zero-order valence-electron chi connectivity index (χ0n) is 24.8. The van der Waals surface area contributed by atoms with E-state index in [0.29, 0.717) is 38.5 Å². The van der Waals surface area contributed by atoms with Gasteiger partial charge in [0.05, 0.1) is 0 Å². The van der Waals surface area contributed by atoms with Crippen LogP contribution in [-0.4, -0.2) is 41.4 Å². The van der Waals surface area contributed by atoms with Crippen LogP contribution >= 0.6 is 0 Å². The van der Waals surface area contributed by atoms with E-state index in [1.807, 2.05) is 18.2 Å². The van der Waals surface area contributed by atoms with Gasteiger partial charge < -0.3 is 4.90 Å². The molecule has 5 atom stereocenters. The van der Waals surface area contributed by atoms with Gasteiger partial charge >= 0.3 is 12.1 Å². The minimum absolute atomic E-state index is 0.0114. The fraction of sp³-hybridized carbons (Fsp3) is 0.543. The number of alkyl halides is 5. The first kappa shape index (κ1) is 30.2.